The van der Waals surface area contributed by atoms with Gasteiger partial charge in [0.15, 0.2) is 0 Å². The smallest absolute Gasteiger partial charge is 0.134 e. The molecule has 17 heavy (non-hydrogen) atoms. The monoisotopic (exact) mass is 299 g/mol. The molecule has 0 aliphatic heterocycles. The molecule has 4 heteroatoms. The Balaban J connectivity index is 2.89. The van der Waals surface area contributed by atoms with Gasteiger partial charge >= 0.3 is 0 Å². The summed E-state index contributed by atoms with van der Waals surface area (Å²) in [5, 5.41) is 0. The Morgan fingerprint density at radius 1 is 1.29 bits per heavy atom. The minimum absolute atomic E-state index is 0.350. The summed E-state index contributed by atoms with van der Waals surface area (Å²) in [6, 6.07) is 1.98. The molecule has 1 aromatic rings. The van der Waals surface area contributed by atoms with Crippen molar-refractivity contribution in [3.63, 3.8) is 0 Å². The highest BCUT2D eigenvalue weighted by atomic mass is 79.9. The van der Waals surface area contributed by atoms with Crippen molar-refractivity contribution < 1.29 is 0 Å². The molecule has 0 N–H and O–H groups in total. The summed E-state index contributed by atoms with van der Waals surface area (Å²) in [7, 11) is 2.09. The molecule has 0 aliphatic rings. The molecule has 0 radical (unpaired) electrons. The van der Waals surface area contributed by atoms with Crippen LogP contribution in [0.5, 0.6) is 0 Å². The summed E-state index contributed by atoms with van der Waals surface area (Å²) in [4.78, 5) is 11.2. The van der Waals surface area contributed by atoms with Crippen molar-refractivity contribution in [2.75, 3.05) is 18.5 Å². The van der Waals surface area contributed by atoms with Crippen LogP contribution in [-0.4, -0.2) is 23.6 Å². The van der Waals surface area contributed by atoms with E-state index in [0.717, 1.165) is 22.8 Å². The van der Waals surface area contributed by atoms with Gasteiger partial charge in [0.2, 0.25) is 0 Å². The van der Waals surface area contributed by atoms with Crippen LogP contribution in [0.15, 0.2) is 10.7 Å². The average molecular weight is 300 g/mol. The maximum absolute atomic E-state index is 4.61. The van der Waals surface area contributed by atoms with Crippen LogP contribution < -0.4 is 4.90 Å². The first-order valence-electron chi connectivity index (χ1n) is 6.19. The van der Waals surface area contributed by atoms with E-state index >= 15 is 0 Å². The van der Waals surface area contributed by atoms with Crippen LogP contribution in [0.25, 0.3) is 0 Å². The summed E-state index contributed by atoms with van der Waals surface area (Å²) >= 11 is 3.46. The van der Waals surface area contributed by atoms with Crippen LogP contribution in [0.3, 0.4) is 0 Å². The van der Waals surface area contributed by atoms with Gasteiger partial charge in [-0.1, -0.05) is 34.1 Å². The van der Waals surface area contributed by atoms with Crippen LogP contribution in [-0.2, 0) is 0 Å². The maximum atomic E-state index is 4.61. The average Bonchev–Trinajstić information content (AvgIpc) is 2.27. The van der Waals surface area contributed by atoms with Crippen molar-refractivity contribution in [2.24, 2.45) is 5.92 Å². The normalized spacial score (nSPS) is 12.9. The molecule has 1 unspecified atom stereocenters. The summed E-state index contributed by atoms with van der Waals surface area (Å²) in [6.45, 7) is 9.72. The lowest BCUT2D eigenvalue weighted by molar-refractivity contribution is 0.556. The van der Waals surface area contributed by atoms with Crippen molar-refractivity contribution in [1.29, 1.82) is 0 Å². The predicted octanol–water partition coefficient (Wildman–Crippen LogP) is 3.84. The van der Waals surface area contributed by atoms with E-state index in [9.17, 15) is 0 Å². The van der Waals surface area contributed by atoms with Gasteiger partial charge in [-0.05, 0) is 21.8 Å². The van der Waals surface area contributed by atoms with Crippen molar-refractivity contribution >= 4 is 21.7 Å². The third kappa shape index (κ3) is 4.26. The molecule has 1 heterocycles. The fourth-order valence-electron chi connectivity index (χ4n) is 1.57. The highest BCUT2D eigenvalue weighted by Gasteiger charge is 2.11. The van der Waals surface area contributed by atoms with E-state index < -0.39 is 0 Å². The first-order valence-corrected chi connectivity index (χ1v) is 6.99. The highest BCUT2D eigenvalue weighted by molar-refractivity contribution is 9.10. The van der Waals surface area contributed by atoms with Crippen molar-refractivity contribution in [2.45, 2.75) is 40.0 Å². The van der Waals surface area contributed by atoms with Crippen LogP contribution in [0.1, 0.15) is 45.9 Å². The van der Waals surface area contributed by atoms with Gasteiger partial charge in [-0.3, -0.25) is 0 Å². The molecule has 1 rings (SSSR count). The molecule has 1 atom stereocenters. The molecule has 0 spiro atoms. The second kappa shape index (κ2) is 6.34. The van der Waals surface area contributed by atoms with E-state index in [4.69, 9.17) is 0 Å². The molecule has 0 bridgehead atoms. The summed E-state index contributed by atoms with van der Waals surface area (Å²) in [5.41, 5.74) is 0. The number of halogens is 1. The zero-order chi connectivity index (χ0) is 13.0. The molecule has 3 nitrogen and oxygen atoms in total. The molecule has 0 aromatic carbocycles. The Labute approximate surface area is 113 Å². The molecular weight excluding hydrogens is 278 g/mol. The molecule has 96 valence electrons. The quantitative estimate of drug-likeness (QED) is 0.774. The minimum atomic E-state index is 0.350. The molecular formula is C13H22BrN3. The van der Waals surface area contributed by atoms with Crippen LogP contribution in [0.2, 0.25) is 0 Å². The van der Waals surface area contributed by atoms with Gasteiger partial charge in [0.05, 0.1) is 0 Å². The Kier molecular flexibility index (Phi) is 5.37. The second-order valence-electron chi connectivity index (χ2n) is 4.96. The predicted molar refractivity (Wildman–Crippen MR) is 76.5 cm³/mol. The first-order chi connectivity index (χ1) is 7.93. The van der Waals surface area contributed by atoms with Crippen LogP contribution in [0.4, 0.5) is 5.82 Å². The Morgan fingerprint density at radius 2 is 1.94 bits per heavy atom. The minimum Gasteiger partial charge on any atom is -0.359 e. The second-order valence-corrected chi connectivity index (χ2v) is 5.77. The lowest BCUT2D eigenvalue weighted by Gasteiger charge is -2.22. The van der Waals surface area contributed by atoms with Gasteiger partial charge in [0, 0.05) is 25.6 Å². The molecule has 0 saturated heterocycles. The van der Waals surface area contributed by atoms with Gasteiger partial charge in [0.1, 0.15) is 16.2 Å². The van der Waals surface area contributed by atoms with Crippen molar-refractivity contribution in [1.82, 2.24) is 9.97 Å². The third-order valence-corrected chi connectivity index (χ3v) is 3.29. The van der Waals surface area contributed by atoms with E-state index in [1.54, 1.807) is 0 Å². The van der Waals surface area contributed by atoms with E-state index in [1.165, 1.54) is 6.42 Å². The van der Waals surface area contributed by atoms with Gasteiger partial charge < -0.3 is 4.90 Å². The van der Waals surface area contributed by atoms with Gasteiger partial charge in [-0.15, -0.1) is 0 Å². The van der Waals surface area contributed by atoms with Crippen molar-refractivity contribution in [3.8, 4) is 0 Å². The number of nitrogens with zero attached hydrogens (tertiary/aromatic N) is 3. The highest BCUT2D eigenvalue weighted by Crippen LogP contribution is 2.20. The van der Waals surface area contributed by atoms with Crippen molar-refractivity contribution in [3.05, 3.63) is 16.5 Å². The Morgan fingerprint density at radius 3 is 2.47 bits per heavy atom. The molecule has 0 fully saturated rings. The zero-order valence-electron chi connectivity index (χ0n) is 11.4. The number of hydrogen-bond donors (Lipinski definition) is 0. The maximum Gasteiger partial charge on any atom is 0.134 e. The Bertz CT molecular complexity index is 366. The Hall–Kier alpha value is -0.640. The fraction of sp³-hybridized carbons (Fsp3) is 0.692. The zero-order valence-corrected chi connectivity index (χ0v) is 13.0. The van der Waals surface area contributed by atoms with Gasteiger partial charge in [-0.2, -0.15) is 0 Å². The largest absolute Gasteiger partial charge is 0.359 e. The van der Waals surface area contributed by atoms with E-state index in [2.05, 4.69) is 65.5 Å². The standard InChI is InChI=1S/C13H22BrN3/c1-6-10(4)8-17(5)12-7-11(14)15-13(16-12)9(2)3/h7,9-10H,6,8H2,1-5H3. The summed E-state index contributed by atoms with van der Waals surface area (Å²) < 4.78 is 0.863. The topological polar surface area (TPSA) is 29.0 Å². The van der Waals surface area contributed by atoms with E-state index in [1.807, 2.05) is 6.07 Å². The summed E-state index contributed by atoms with van der Waals surface area (Å²) in [6.07, 6.45) is 1.19. The van der Waals surface area contributed by atoms with E-state index in [-0.39, 0.29) is 0 Å². The van der Waals surface area contributed by atoms with E-state index in [0.29, 0.717) is 11.8 Å². The number of anilines is 1. The van der Waals surface area contributed by atoms with Gasteiger partial charge in [-0.25, -0.2) is 9.97 Å². The number of aromatic nitrogens is 2. The number of rotatable bonds is 5. The van der Waals surface area contributed by atoms with Gasteiger partial charge in [0.25, 0.3) is 0 Å². The van der Waals surface area contributed by atoms with Crippen LogP contribution >= 0.6 is 15.9 Å². The van der Waals surface area contributed by atoms with Crippen LogP contribution in [0, 0.1) is 5.92 Å². The lowest BCUT2D eigenvalue weighted by Crippen LogP contribution is -2.25. The SMILES string of the molecule is CCC(C)CN(C)c1cc(Br)nc(C(C)C)n1. The molecule has 0 aliphatic carbocycles. The fourth-order valence-corrected chi connectivity index (χ4v) is 1.95. The molecule has 0 saturated carbocycles. The third-order valence-electron chi connectivity index (χ3n) is 2.89. The number of hydrogen-bond acceptors (Lipinski definition) is 3. The molecule has 1 aromatic heterocycles. The first kappa shape index (κ1) is 14.4. The lowest BCUT2D eigenvalue weighted by atomic mass is 10.1. The summed E-state index contributed by atoms with van der Waals surface area (Å²) in [5.74, 6) is 2.92. The molecule has 0 amide bonds.